The van der Waals surface area contributed by atoms with Crippen molar-refractivity contribution in [2.45, 2.75) is 171 Å². The van der Waals surface area contributed by atoms with Crippen LogP contribution in [0, 0.1) is 73.9 Å². The lowest BCUT2D eigenvalue weighted by atomic mass is 9.32. The molecule has 344 valence electrons. The number of hydrogen-bond donors (Lipinski definition) is 1. The molecule has 1 aromatic heterocycles. The van der Waals surface area contributed by atoms with Crippen molar-refractivity contribution in [2.24, 2.45) is 73.9 Å². The Morgan fingerprint density at radius 1 is 0.825 bits per heavy atom. The van der Waals surface area contributed by atoms with E-state index in [2.05, 4.69) is 89.2 Å². The summed E-state index contributed by atoms with van der Waals surface area (Å²) in [6, 6.07) is 10.4. The summed E-state index contributed by atoms with van der Waals surface area (Å²) in [6.07, 6.45) is 16.8. The maximum atomic E-state index is 15.6. The number of benzene rings is 1. The second kappa shape index (κ2) is 15.9. The molecule has 0 radical (unpaired) electrons. The van der Waals surface area contributed by atoms with Gasteiger partial charge < -0.3 is 19.4 Å². The van der Waals surface area contributed by atoms with E-state index in [0.717, 1.165) is 94.3 Å². The largest absolute Gasteiger partial charge is 0.465 e. The van der Waals surface area contributed by atoms with Crippen LogP contribution in [0.15, 0.2) is 48.7 Å². The van der Waals surface area contributed by atoms with Crippen LogP contribution in [-0.2, 0) is 23.9 Å². The van der Waals surface area contributed by atoms with E-state index >= 15 is 4.79 Å². The first-order valence-electron chi connectivity index (χ1n) is 25.3. The molecule has 0 spiro atoms. The number of rotatable bonds is 10. The fraction of sp³-hybridized carbons (Fsp3) is 0.745. The number of H-pyrrole nitrogens is 1. The first-order valence-corrected chi connectivity index (χ1v) is 25.3. The molecule has 9 rings (SSSR count). The molecule has 0 bridgehead atoms. The van der Waals surface area contributed by atoms with Crippen molar-refractivity contribution in [3.05, 3.63) is 54.5 Å². The van der Waals surface area contributed by atoms with Crippen LogP contribution < -0.4 is 0 Å². The number of hydrogen-bond acceptors (Lipinski definition) is 6. The standard InChI is InChI=1S/C55H79N3O5/c1-11-12-31-62-47(59)38-32-39(50(38,4)5)48(60)63-44-24-25-52(8)42(51(44,6)7)23-26-54(10)43(52)21-20-37-45-36(34(2)3)22-27-55(45,29-28-53(37,54)9)49(61)58-30-16-19-41(58)46-56-33-40(57-46)35-17-14-13-15-18-35/h13-15,17-18,33,36-39,41-45H,2,11-12,16,19-32H2,1,3-10H3,(H,56,57)/t36-,37?,38?,39?,41?,42-,43+,44-,45+,52?,53+,54+,55-/m0/s1. The van der Waals surface area contributed by atoms with Crippen LogP contribution in [0.4, 0.5) is 0 Å². The zero-order valence-electron chi connectivity index (χ0n) is 40.3. The first-order chi connectivity index (χ1) is 29.8. The van der Waals surface area contributed by atoms with Crippen LogP contribution in [-0.4, -0.2) is 52.0 Å². The van der Waals surface area contributed by atoms with Crippen LogP contribution >= 0.6 is 0 Å². The Bertz CT molecular complexity index is 2090. The Kier molecular flexibility index (Phi) is 11.3. The summed E-state index contributed by atoms with van der Waals surface area (Å²) in [5, 5.41) is 0. The van der Waals surface area contributed by atoms with E-state index in [-0.39, 0.29) is 63.0 Å². The highest BCUT2D eigenvalue weighted by Gasteiger charge is 2.72. The van der Waals surface area contributed by atoms with Crippen molar-refractivity contribution in [3.8, 4) is 11.3 Å². The molecule has 8 heteroatoms. The third-order valence-electron chi connectivity index (χ3n) is 20.8. The number of likely N-dealkylation sites (tertiary alicyclic amines) is 1. The van der Waals surface area contributed by atoms with Crippen molar-refractivity contribution in [3.63, 3.8) is 0 Å². The molecule has 6 saturated carbocycles. The van der Waals surface area contributed by atoms with Crippen molar-refractivity contribution in [2.75, 3.05) is 13.2 Å². The van der Waals surface area contributed by atoms with Gasteiger partial charge >= 0.3 is 11.9 Å². The maximum absolute atomic E-state index is 15.6. The lowest BCUT2D eigenvalue weighted by Gasteiger charge is -2.73. The number of aromatic amines is 1. The van der Waals surface area contributed by atoms with Crippen LogP contribution in [0.3, 0.4) is 0 Å². The summed E-state index contributed by atoms with van der Waals surface area (Å²) >= 11 is 0. The molecular weight excluding hydrogens is 783 g/mol. The maximum Gasteiger partial charge on any atom is 0.309 e. The molecule has 1 aliphatic heterocycles. The molecule has 1 saturated heterocycles. The zero-order chi connectivity index (χ0) is 44.9. The number of imidazole rings is 1. The van der Waals surface area contributed by atoms with Gasteiger partial charge in [-0.05, 0) is 154 Å². The van der Waals surface area contributed by atoms with Gasteiger partial charge in [0, 0.05) is 12.0 Å². The third-order valence-corrected chi connectivity index (χ3v) is 20.8. The van der Waals surface area contributed by atoms with Gasteiger partial charge in [-0.3, -0.25) is 14.4 Å². The molecule has 7 fully saturated rings. The minimum absolute atomic E-state index is 0.0142. The van der Waals surface area contributed by atoms with E-state index in [1.807, 2.05) is 26.1 Å². The monoisotopic (exact) mass is 862 g/mol. The summed E-state index contributed by atoms with van der Waals surface area (Å²) in [7, 11) is 0. The van der Waals surface area contributed by atoms with Gasteiger partial charge in [-0.2, -0.15) is 0 Å². The third kappa shape index (κ3) is 6.68. The number of fused-ring (bicyclic) bond motifs is 7. The molecule has 13 atom stereocenters. The normalized spacial score (nSPS) is 41.0. The Hall–Kier alpha value is -3.42. The van der Waals surface area contributed by atoms with Gasteiger partial charge in [-0.15, -0.1) is 0 Å². The molecular formula is C55H79N3O5. The average molecular weight is 862 g/mol. The van der Waals surface area contributed by atoms with Gasteiger partial charge in [-0.1, -0.05) is 104 Å². The summed E-state index contributed by atoms with van der Waals surface area (Å²) < 4.78 is 12.2. The molecule has 1 aromatic carbocycles. The number of amides is 1. The zero-order valence-corrected chi connectivity index (χ0v) is 40.3. The highest BCUT2D eigenvalue weighted by molar-refractivity contribution is 5.85. The van der Waals surface area contributed by atoms with E-state index < -0.39 is 5.41 Å². The Balaban J connectivity index is 0.931. The number of ether oxygens (including phenoxy) is 2. The number of esters is 2. The number of allylic oxidation sites excluding steroid dienone is 1. The first kappa shape index (κ1) is 44.8. The fourth-order valence-electron chi connectivity index (χ4n) is 16.9. The minimum atomic E-state index is -0.471. The number of carbonyl (C=O) groups excluding carboxylic acids is 3. The second-order valence-corrected chi connectivity index (χ2v) is 24.0. The van der Waals surface area contributed by atoms with E-state index in [1.165, 1.54) is 24.8 Å². The number of carbonyl (C=O) groups is 3. The molecule has 1 N–H and O–H groups in total. The lowest BCUT2D eigenvalue weighted by Crippen LogP contribution is -2.67. The summed E-state index contributed by atoms with van der Waals surface area (Å²) in [4.78, 5) is 53.3. The smallest absolute Gasteiger partial charge is 0.309 e. The van der Waals surface area contributed by atoms with Crippen molar-refractivity contribution in [1.82, 2.24) is 14.9 Å². The molecule has 2 aromatic rings. The van der Waals surface area contributed by atoms with Gasteiger partial charge in [0.2, 0.25) is 5.91 Å². The highest BCUT2D eigenvalue weighted by Crippen LogP contribution is 2.78. The Labute approximate surface area is 378 Å². The van der Waals surface area contributed by atoms with Crippen LogP contribution in [0.2, 0.25) is 0 Å². The minimum Gasteiger partial charge on any atom is -0.465 e. The average Bonchev–Trinajstić information content (AvgIpc) is 4.02. The van der Waals surface area contributed by atoms with Gasteiger partial charge in [-0.25, -0.2) is 4.98 Å². The molecule has 2 heterocycles. The van der Waals surface area contributed by atoms with Gasteiger partial charge in [0.05, 0.1) is 41.8 Å². The molecule has 6 aliphatic carbocycles. The van der Waals surface area contributed by atoms with E-state index in [4.69, 9.17) is 14.5 Å². The van der Waals surface area contributed by atoms with E-state index in [1.54, 1.807) is 0 Å². The lowest BCUT2D eigenvalue weighted by molar-refractivity contribution is -0.251. The molecule has 8 nitrogen and oxygen atoms in total. The second-order valence-electron chi connectivity index (χ2n) is 24.0. The van der Waals surface area contributed by atoms with Crippen molar-refractivity contribution >= 4 is 17.8 Å². The molecule has 63 heavy (non-hydrogen) atoms. The van der Waals surface area contributed by atoms with E-state index in [9.17, 15) is 9.59 Å². The SMILES string of the molecule is C=C(C)[C@@H]1CC[C@]2(C(=O)N3CCCC3c3ncc(-c4ccccc4)[nH]3)CC[C@]3(C)C(CC[C@@H]4C5(C)CC[C@H](OC(=O)C6CC(C(=O)OCCCC)C6(C)C)C(C)(C)[C@@H]5CC[C@]43C)[C@@H]12. The summed E-state index contributed by atoms with van der Waals surface area (Å²) in [5.41, 5.74) is 2.80. The summed E-state index contributed by atoms with van der Waals surface area (Å²) in [6.45, 7) is 27.0. The van der Waals surface area contributed by atoms with E-state index in [0.29, 0.717) is 48.5 Å². The van der Waals surface area contributed by atoms with Crippen LogP contribution in [0.5, 0.6) is 0 Å². The van der Waals surface area contributed by atoms with Crippen LogP contribution in [0.25, 0.3) is 11.3 Å². The van der Waals surface area contributed by atoms with Gasteiger partial charge in [0.15, 0.2) is 0 Å². The quantitative estimate of drug-likeness (QED) is 0.145. The molecule has 7 aliphatic rings. The number of aromatic nitrogens is 2. The fourth-order valence-corrected chi connectivity index (χ4v) is 16.9. The highest BCUT2D eigenvalue weighted by atomic mass is 16.5. The van der Waals surface area contributed by atoms with Crippen molar-refractivity contribution < 1.29 is 23.9 Å². The predicted molar refractivity (Wildman–Crippen MR) is 248 cm³/mol. The predicted octanol–water partition coefficient (Wildman–Crippen LogP) is 12.3. The van der Waals surface area contributed by atoms with Crippen LogP contribution in [0.1, 0.15) is 170 Å². The summed E-state index contributed by atoms with van der Waals surface area (Å²) in [5.74, 6) is 2.64. The van der Waals surface area contributed by atoms with Gasteiger partial charge in [0.25, 0.3) is 0 Å². The molecule has 1 amide bonds. The topological polar surface area (TPSA) is 102 Å². The Morgan fingerprint density at radius 3 is 2.29 bits per heavy atom. The van der Waals surface area contributed by atoms with Crippen molar-refractivity contribution in [1.29, 1.82) is 0 Å². The number of nitrogens with zero attached hydrogens (tertiary/aromatic N) is 2. The Morgan fingerprint density at radius 2 is 1.57 bits per heavy atom. The number of nitrogens with one attached hydrogen (secondary N) is 1. The van der Waals surface area contributed by atoms with Gasteiger partial charge in [0.1, 0.15) is 11.9 Å². The molecule has 5 unspecified atom stereocenters. The number of unbranched alkanes of at least 4 members (excludes halogenated alkanes) is 1.